The highest BCUT2D eigenvalue weighted by molar-refractivity contribution is 7.19. The molecule has 0 amide bonds. The molecule has 0 N–H and O–H groups in total. The Bertz CT molecular complexity index is 1050. The monoisotopic (exact) mass is 400 g/mol. The first-order valence-electron chi connectivity index (χ1n) is 9.26. The van der Waals surface area contributed by atoms with Gasteiger partial charge in [-0.25, -0.2) is 4.98 Å². The average molecular weight is 401 g/mol. The molecule has 0 saturated carbocycles. The molecule has 0 unspecified atom stereocenters. The van der Waals surface area contributed by atoms with Crippen LogP contribution in [-0.2, 0) is 16.1 Å². The maximum absolute atomic E-state index is 13.3. The number of esters is 1. The first-order valence-corrected chi connectivity index (χ1v) is 10.1. The fourth-order valence-electron chi connectivity index (χ4n) is 3.28. The zero-order valence-electron chi connectivity index (χ0n) is 16.6. The zero-order valence-corrected chi connectivity index (χ0v) is 17.4. The topological polar surface area (TPSA) is 70.4 Å². The normalized spacial score (nSPS) is 11.0. The lowest BCUT2D eigenvalue weighted by molar-refractivity contribution is -0.140. The van der Waals surface area contributed by atoms with E-state index >= 15 is 0 Å². The Morgan fingerprint density at radius 1 is 1.21 bits per heavy atom. The molecule has 2 aromatic heterocycles. The van der Waals surface area contributed by atoms with Gasteiger partial charge >= 0.3 is 5.97 Å². The third-order valence-electron chi connectivity index (χ3n) is 4.62. The van der Waals surface area contributed by atoms with E-state index in [1.54, 1.807) is 4.57 Å². The van der Waals surface area contributed by atoms with Crippen LogP contribution in [0, 0.1) is 13.8 Å². The summed E-state index contributed by atoms with van der Waals surface area (Å²) in [5.41, 5.74) is 1.82. The molecule has 3 aromatic rings. The van der Waals surface area contributed by atoms with Gasteiger partial charge in [-0.3, -0.25) is 14.2 Å². The van der Waals surface area contributed by atoms with Gasteiger partial charge < -0.3 is 9.47 Å². The zero-order chi connectivity index (χ0) is 20.3. The van der Waals surface area contributed by atoms with E-state index in [4.69, 9.17) is 4.74 Å². The van der Waals surface area contributed by atoms with E-state index in [9.17, 15) is 9.59 Å². The second kappa shape index (κ2) is 8.56. The number of rotatable bonds is 7. The van der Waals surface area contributed by atoms with Gasteiger partial charge in [-0.05, 0) is 44.9 Å². The van der Waals surface area contributed by atoms with Gasteiger partial charge in [0, 0.05) is 23.4 Å². The number of aromatic nitrogens is 2. The number of nitrogens with zero attached hydrogens (tertiary/aromatic N) is 2. The molecule has 0 atom stereocenters. The van der Waals surface area contributed by atoms with Crippen molar-refractivity contribution in [2.45, 2.75) is 40.2 Å². The largest absolute Gasteiger partial charge is 0.494 e. The van der Waals surface area contributed by atoms with Crippen molar-refractivity contribution in [3.05, 3.63) is 45.3 Å². The second-order valence-corrected chi connectivity index (χ2v) is 7.67. The van der Waals surface area contributed by atoms with Crippen molar-refractivity contribution in [1.82, 2.24) is 9.55 Å². The highest BCUT2D eigenvalue weighted by Gasteiger charge is 2.18. The van der Waals surface area contributed by atoms with E-state index in [1.165, 1.54) is 18.4 Å². The van der Waals surface area contributed by atoms with Crippen molar-refractivity contribution in [3.8, 4) is 16.9 Å². The van der Waals surface area contributed by atoms with Crippen molar-refractivity contribution in [2.24, 2.45) is 0 Å². The van der Waals surface area contributed by atoms with Gasteiger partial charge in [0.25, 0.3) is 5.56 Å². The Morgan fingerprint density at radius 2 is 1.93 bits per heavy atom. The van der Waals surface area contributed by atoms with E-state index in [0.29, 0.717) is 30.8 Å². The van der Waals surface area contributed by atoms with Crippen LogP contribution in [0.2, 0.25) is 0 Å². The predicted molar refractivity (Wildman–Crippen MR) is 111 cm³/mol. The van der Waals surface area contributed by atoms with Crippen molar-refractivity contribution < 1.29 is 14.3 Å². The summed E-state index contributed by atoms with van der Waals surface area (Å²) in [5.74, 6) is 1.18. The highest BCUT2D eigenvalue weighted by atomic mass is 32.1. The number of carbonyl (C=O) groups is 1. The summed E-state index contributed by atoms with van der Waals surface area (Å²) < 4.78 is 11.8. The van der Waals surface area contributed by atoms with Gasteiger partial charge in [0.2, 0.25) is 0 Å². The second-order valence-electron chi connectivity index (χ2n) is 6.47. The van der Waals surface area contributed by atoms with E-state index in [-0.39, 0.29) is 17.9 Å². The summed E-state index contributed by atoms with van der Waals surface area (Å²) in [7, 11) is 1.37. The van der Waals surface area contributed by atoms with Crippen LogP contribution >= 0.6 is 11.3 Å². The average Bonchev–Trinajstić information content (AvgIpc) is 3.01. The quantitative estimate of drug-likeness (QED) is 0.559. The van der Waals surface area contributed by atoms with E-state index in [0.717, 1.165) is 26.6 Å². The van der Waals surface area contributed by atoms with Crippen molar-refractivity contribution in [1.29, 1.82) is 0 Å². The standard InChI is InChI=1S/C21H24N2O4S/c1-5-27-16-10-8-15(9-11-16)18-13(2)28-20-19(18)21(25)23(14(3)22-20)12-6-7-17(24)26-4/h8-11H,5-7,12H2,1-4H3. The first-order chi connectivity index (χ1) is 13.5. The van der Waals surface area contributed by atoms with Gasteiger partial charge in [-0.15, -0.1) is 11.3 Å². The number of thiophene rings is 1. The maximum Gasteiger partial charge on any atom is 0.305 e. The Labute approximate surface area is 167 Å². The number of ether oxygens (including phenoxy) is 2. The molecule has 0 saturated heterocycles. The van der Waals surface area contributed by atoms with Gasteiger partial charge in [0.05, 0.1) is 19.1 Å². The number of carbonyl (C=O) groups excluding carboxylic acids is 1. The Balaban J connectivity index is 2.04. The number of fused-ring (bicyclic) bond motifs is 1. The minimum Gasteiger partial charge on any atom is -0.494 e. The third kappa shape index (κ3) is 3.94. The van der Waals surface area contributed by atoms with E-state index in [1.807, 2.05) is 45.0 Å². The minimum atomic E-state index is -0.277. The molecule has 0 radical (unpaired) electrons. The third-order valence-corrected chi connectivity index (χ3v) is 5.62. The van der Waals surface area contributed by atoms with Crippen LogP contribution in [0.25, 0.3) is 21.3 Å². The molecule has 0 spiro atoms. The summed E-state index contributed by atoms with van der Waals surface area (Å²) in [4.78, 5) is 31.1. The molecule has 0 fully saturated rings. The van der Waals surface area contributed by atoms with Crippen LogP contribution in [0.15, 0.2) is 29.1 Å². The van der Waals surface area contributed by atoms with Crippen LogP contribution in [0.4, 0.5) is 0 Å². The van der Waals surface area contributed by atoms with E-state index < -0.39 is 0 Å². The Hall–Kier alpha value is -2.67. The van der Waals surface area contributed by atoms with Gasteiger partial charge in [-0.1, -0.05) is 12.1 Å². The molecular formula is C21H24N2O4S. The number of hydrogen-bond acceptors (Lipinski definition) is 6. The molecular weight excluding hydrogens is 376 g/mol. The lowest BCUT2D eigenvalue weighted by Crippen LogP contribution is -2.24. The predicted octanol–water partition coefficient (Wildman–Crippen LogP) is 4.09. The van der Waals surface area contributed by atoms with Crippen LogP contribution in [0.1, 0.15) is 30.5 Å². The summed E-state index contributed by atoms with van der Waals surface area (Å²) in [5, 5.41) is 0.635. The molecule has 148 valence electrons. The van der Waals surface area contributed by atoms with Gasteiger partial charge in [0.15, 0.2) is 0 Å². The van der Waals surface area contributed by atoms with Crippen LogP contribution in [0.3, 0.4) is 0 Å². The molecule has 2 heterocycles. The lowest BCUT2D eigenvalue weighted by Gasteiger charge is -2.10. The molecule has 1 aromatic carbocycles. The SMILES string of the molecule is CCOc1ccc(-c2c(C)sc3nc(C)n(CCCC(=O)OC)c(=O)c23)cc1. The highest BCUT2D eigenvalue weighted by Crippen LogP contribution is 2.36. The van der Waals surface area contributed by atoms with Crippen molar-refractivity contribution in [3.63, 3.8) is 0 Å². The maximum atomic E-state index is 13.3. The summed E-state index contributed by atoms with van der Waals surface area (Å²) in [6.07, 6.45) is 0.803. The van der Waals surface area contributed by atoms with Crippen molar-refractivity contribution >= 4 is 27.5 Å². The Morgan fingerprint density at radius 3 is 2.57 bits per heavy atom. The fraction of sp³-hybridized carbons (Fsp3) is 0.381. The number of aryl methyl sites for hydroxylation is 2. The molecule has 3 rings (SSSR count). The number of methoxy groups -OCH3 is 1. The molecule has 0 bridgehead atoms. The fourth-order valence-corrected chi connectivity index (χ4v) is 4.36. The number of hydrogen-bond donors (Lipinski definition) is 0. The van der Waals surface area contributed by atoms with Gasteiger partial charge in [0.1, 0.15) is 16.4 Å². The minimum absolute atomic E-state index is 0.0689. The smallest absolute Gasteiger partial charge is 0.305 e. The molecule has 28 heavy (non-hydrogen) atoms. The molecule has 0 aliphatic rings. The van der Waals surface area contributed by atoms with Crippen LogP contribution < -0.4 is 10.3 Å². The van der Waals surface area contributed by atoms with Gasteiger partial charge in [-0.2, -0.15) is 0 Å². The summed E-state index contributed by atoms with van der Waals surface area (Å²) in [6, 6.07) is 7.78. The van der Waals surface area contributed by atoms with Crippen molar-refractivity contribution in [2.75, 3.05) is 13.7 Å². The van der Waals surface area contributed by atoms with Crippen LogP contribution in [0.5, 0.6) is 5.75 Å². The summed E-state index contributed by atoms with van der Waals surface area (Å²) >= 11 is 1.53. The van der Waals surface area contributed by atoms with Crippen LogP contribution in [-0.4, -0.2) is 29.2 Å². The van der Waals surface area contributed by atoms with E-state index in [2.05, 4.69) is 9.72 Å². The lowest BCUT2D eigenvalue weighted by atomic mass is 10.0. The summed E-state index contributed by atoms with van der Waals surface area (Å²) in [6.45, 7) is 6.82. The molecule has 0 aliphatic carbocycles. The molecule has 6 nitrogen and oxygen atoms in total. The Kier molecular flexibility index (Phi) is 6.14. The molecule has 0 aliphatic heterocycles. The number of benzene rings is 1. The first kappa shape index (κ1) is 20.1. The molecule has 7 heteroatoms.